The Bertz CT molecular complexity index is 465. The van der Waals surface area contributed by atoms with Crippen LogP contribution in [0.25, 0.3) is 0 Å². The van der Waals surface area contributed by atoms with Crippen molar-refractivity contribution in [2.24, 2.45) is 11.1 Å². The molecule has 0 aliphatic heterocycles. The van der Waals surface area contributed by atoms with Crippen LogP contribution < -0.4 is 10.5 Å². The van der Waals surface area contributed by atoms with Crippen molar-refractivity contribution < 1.29 is 4.74 Å². The number of hydrogen-bond acceptors (Lipinski definition) is 2. The van der Waals surface area contributed by atoms with E-state index in [0.29, 0.717) is 16.2 Å². The van der Waals surface area contributed by atoms with Gasteiger partial charge in [0.05, 0.1) is 12.1 Å². The van der Waals surface area contributed by atoms with Gasteiger partial charge < -0.3 is 10.5 Å². The van der Waals surface area contributed by atoms with Gasteiger partial charge in [0, 0.05) is 11.1 Å². The lowest BCUT2D eigenvalue weighted by atomic mass is 9.68. The summed E-state index contributed by atoms with van der Waals surface area (Å²) in [7, 11) is 1.61. The third-order valence-electron chi connectivity index (χ3n) is 4.83. The summed E-state index contributed by atoms with van der Waals surface area (Å²) in [5.74, 6) is 0.639. The van der Waals surface area contributed by atoms with Crippen LogP contribution in [0.3, 0.4) is 0 Å². The van der Waals surface area contributed by atoms with Gasteiger partial charge in [-0.1, -0.05) is 42.5 Å². The summed E-state index contributed by atoms with van der Waals surface area (Å²) >= 11 is 12.6. The molecule has 0 amide bonds. The van der Waals surface area contributed by atoms with Gasteiger partial charge in [0.25, 0.3) is 0 Å². The Hall–Kier alpha value is -0.440. The van der Waals surface area contributed by atoms with Crippen LogP contribution in [0.15, 0.2) is 12.1 Å². The van der Waals surface area contributed by atoms with Crippen molar-refractivity contribution >= 4 is 23.2 Å². The molecule has 2 nitrogen and oxygen atoms in total. The molecule has 2 rings (SSSR count). The molecule has 4 heteroatoms. The molecule has 1 fully saturated rings. The number of rotatable bonds is 6. The SMILES string of the molecule is COc1cc(Cl)c(CCC2(CCN)CCCCC2)cc1Cl. The molecule has 0 heterocycles. The molecule has 1 aromatic rings. The van der Waals surface area contributed by atoms with Crippen LogP contribution in [0.2, 0.25) is 10.0 Å². The van der Waals surface area contributed by atoms with Crippen molar-refractivity contribution in [2.45, 2.75) is 51.4 Å². The molecule has 0 unspecified atom stereocenters. The van der Waals surface area contributed by atoms with Crippen molar-refractivity contribution in [3.05, 3.63) is 27.7 Å². The highest BCUT2D eigenvalue weighted by atomic mass is 35.5. The number of aryl methyl sites for hydroxylation is 1. The fourth-order valence-electron chi connectivity index (χ4n) is 3.55. The number of ether oxygens (including phenoxy) is 1. The number of halogens is 2. The lowest BCUT2D eigenvalue weighted by molar-refractivity contribution is 0.161. The van der Waals surface area contributed by atoms with Crippen LogP contribution in [0.5, 0.6) is 5.75 Å². The second-order valence-electron chi connectivity index (χ2n) is 6.18. The molecule has 21 heavy (non-hydrogen) atoms. The van der Waals surface area contributed by atoms with Crippen molar-refractivity contribution in [3.8, 4) is 5.75 Å². The summed E-state index contributed by atoms with van der Waals surface area (Å²) in [5.41, 5.74) is 7.36. The van der Waals surface area contributed by atoms with Gasteiger partial charge >= 0.3 is 0 Å². The van der Waals surface area contributed by atoms with Crippen molar-refractivity contribution in [1.82, 2.24) is 0 Å². The van der Waals surface area contributed by atoms with E-state index in [1.165, 1.54) is 32.1 Å². The molecule has 2 N–H and O–H groups in total. The van der Waals surface area contributed by atoms with Crippen LogP contribution in [0, 0.1) is 5.41 Å². The van der Waals surface area contributed by atoms with Crippen LogP contribution in [-0.2, 0) is 6.42 Å². The van der Waals surface area contributed by atoms with Crippen LogP contribution in [0.4, 0.5) is 0 Å². The highest BCUT2D eigenvalue weighted by Crippen LogP contribution is 2.43. The van der Waals surface area contributed by atoms with Crippen molar-refractivity contribution in [1.29, 1.82) is 0 Å². The van der Waals surface area contributed by atoms with E-state index in [1.807, 2.05) is 12.1 Å². The second kappa shape index (κ2) is 7.71. The molecule has 1 saturated carbocycles. The van der Waals surface area contributed by atoms with Gasteiger partial charge in [-0.3, -0.25) is 0 Å². The van der Waals surface area contributed by atoms with E-state index in [0.717, 1.165) is 36.4 Å². The largest absolute Gasteiger partial charge is 0.495 e. The molecular formula is C17H25Cl2NO. The molecule has 0 bridgehead atoms. The standard InChI is InChI=1S/C17H25Cl2NO/c1-21-16-12-14(18)13(11-15(16)19)5-8-17(9-10-20)6-3-2-4-7-17/h11-12H,2-10,20H2,1H3. The number of benzene rings is 1. The Morgan fingerprint density at radius 3 is 2.43 bits per heavy atom. The van der Waals surface area contributed by atoms with E-state index in [1.54, 1.807) is 7.11 Å². The molecule has 1 aromatic carbocycles. The van der Waals surface area contributed by atoms with Gasteiger partial charge in [0.2, 0.25) is 0 Å². The normalized spacial score (nSPS) is 17.7. The molecule has 1 aliphatic rings. The maximum Gasteiger partial charge on any atom is 0.138 e. The van der Waals surface area contributed by atoms with Gasteiger partial charge in [0.1, 0.15) is 5.75 Å². The fourth-order valence-corrected chi connectivity index (χ4v) is 4.06. The average Bonchev–Trinajstić information content (AvgIpc) is 2.49. The topological polar surface area (TPSA) is 35.2 Å². The lowest BCUT2D eigenvalue weighted by Gasteiger charge is -2.37. The van der Waals surface area contributed by atoms with Gasteiger partial charge in [0.15, 0.2) is 0 Å². The first-order valence-electron chi connectivity index (χ1n) is 7.82. The highest BCUT2D eigenvalue weighted by molar-refractivity contribution is 6.34. The van der Waals surface area contributed by atoms with E-state index in [9.17, 15) is 0 Å². The van der Waals surface area contributed by atoms with Crippen LogP contribution >= 0.6 is 23.2 Å². The van der Waals surface area contributed by atoms with Gasteiger partial charge in [-0.2, -0.15) is 0 Å². The summed E-state index contributed by atoms with van der Waals surface area (Å²) < 4.78 is 5.20. The predicted molar refractivity (Wildman–Crippen MR) is 90.5 cm³/mol. The summed E-state index contributed by atoms with van der Waals surface area (Å²) in [6.45, 7) is 0.775. The monoisotopic (exact) mass is 329 g/mol. The lowest BCUT2D eigenvalue weighted by Crippen LogP contribution is -2.28. The van der Waals surface area contributed by atoms with Crippen LogP contribution in [-0.4, -0.2) is 13.7 Å². The van der Waals surface area contributed by atoms with Crippen LogP contribution in [0.1, 0.15) is 50.5 Å². The molecular weight excluding hydrogens is 305 g/mol. The molecule has 0 spiro atoms. The van der Waals surface area contributed by atoms with E-state index in [4.69, 9.17) is 33.7 Å². The molecule has 0 aromatic heterocycles. The fraction of sp³-hybridized carbons (Fsp3) is 0.647. The number of methoxy groups -OCH3 is 1. The Morgan fingerprint density at radius 1 is 1.10 bits per heavy atom. The summed E-state index contributed by atoms with van der Waals surface area (Å²) in [4.78, 5) is 0. The average molecular weight is 330 g/mol. The highest BCUT2D eigenvalue weighted by Gasteiger charge is 2.31. The third kappa shape index (κ3) is 4.28. The number of hydrogen-bond donors (Lipinski definition) is 1. The quantitative estimate of drug-likeness (QED) is 0.775. The molecule has 0 atom stereocenters. The van der Waals surface area contributed by atoms with E-state index < -0.39 is 0 Å². The Morgan fingerprint density at radius 2 is 1.81 bits per heavy atom. The van der Waals surface area contributed by atoms with Gasteiger partial charge in [-0.15, -0.1) is 0 Å². The first-order chi connectivity index (χ1) is 10.1. The maximum absolute atomic E-state index is 6.36. The van der Waals surface area contributed by atoms with Gasteiger partial charge in [-0.05, 0) is 55.7 Å². The van der Waals surface area contributed by atoms with Crippen molar-refractivity contribution in [2.75, 3.05) is 13.7 Å². The third-order valence-corrected chi connectivity index (χ3v) is 5.48. The zero-order valence-corrected chi connectivity index (χ0v) is 14.3. The molecule has 118 valence electrons. The summed E-state index contributed by atoms with van der Waals surface area (Å²) in [6.07, 6.45) is 9.84. The minimum Gasteiger partial charge on any atom is -0.495 e. The molecule has 0 radical (unpaired) electrons. The Labute approximate surface area is 137 Å². The zero-order chi connectivity index (χ0) is 15.3. The van der Waals surface area contributed by atoms with Crippen molar-refractivity contribution in [3.63, 3.8) is 0 Å². The number of nitrogens with two attached hydrogens (primary N) is 1. The van der Waals surface area contributed by atoms with E-state index in [-0.39, 0.29) is 0 Å². The Balaban J connectivity index is 2.08. The second-order valence-corrected chi connectivity index (χ2v) is 6.99. The predicted octanol–water partition coefficient (Wildman–Crippen LogP) is 5.23. The minimum atomic E-state index is 0.405. The van der Waals surface area contributed by atoms with E-state index >= 15 is 0 Å². The first kappa shape index (κ1) is 16.9. The first-order valence-corrected chi connectivity index (χ1v) is 8.58. The zero-order valence-electron chi connectivity index (χ0n) is 12.8. The van der Waals surface area contributed by atoms with E-state index in [2.05, 4.69) is 0 Å². The van der Waals surface area contributed by atoms with Gasteiger partial charge in [-0.25, -0.2) is 0 Å². The smallest absolute Gasteiger partial charge is 0.138 e. The summed E-state index contributed by atoms with van der Waals surface area (Å²) in [6, 6.07) is 3.76. The molecule has 1 aliphatic carbocycles. The summed E-state index contributed by atoms with van der Waals surface area (Å²) in [5, 5.41) is 1.38. The molecule has 0 saturated heterocycles. The Kier molecular flexibility index (Phi) is 6.21. The minimum absolute atomic E-state index is 0.405. The maximum atomic E-state index is 6.36.